The fourth-order valence-electron chi connectivity index (χ4n) is 1.44. The maximum Gasteiger partial charge on any atom is 0.411 e. The second kappa shape index (κ2) is 7.49. The molecule has 0 saturated carbocycles. The second-order valence-electron chi connectivity index (χ2n) is 3.77. The number of ether oxygens (including phenoxy) is 2. The summed E-state index contributed by atoms with van der Waals surface area (Å²) in [5.41, 5.74) is 0.642. The maximum absolute atomic E-state index is 11.4. The summed E-state index contributed by atoms with van der Waals surface area (Å²) >= 11 is 3.18. The van der Waals surface area contributed by atoms with Crippen LogP contribution in [0, 0.1) is 0 Å². The highest BCUT2D eigenvalue weighted by molar-refractivity contribution is 9.09. The van der Waals surface area contributed by atoms with Gasteiger partial charge in [0.25, 0.3) is 0 Å². The molecule has 1 aromatic carbocycles. The highest BCUT2D eigenvalue weighted by atomic mass is 79.9. The third-order valence-electron chi connectivity index (χ3n) is 2.28. The first-order chi connectivity index (χ1) is 9.78. The van der Waals surface area contributed by atoms with Crippen molar-refractivity contribution in [2.24, 2.45) is 0 Å². The van der Waals surface area contributed by atoms with Crippen LogP contribution >= 0.6 is 15.9 Å². The Hall–Kier alpha value is -2.08. The Labute approximate surface area is 125 Å². The molecule has 0 atom stereocenters. The molecule has 0 unspecified atom stereocenters. The number of carbonyl (C=O) groups is 1. The first-order valence-corrected chi connectivity index (χ1v) is 7.08. The average molecular weight is 337 g/mol. The summed E-state index contributed by atoms with van der Waals surface area (Å²) in [6.45, 7) is 0.327. The number of anilines is 1. The van der Waals surface area contributed by atoms with Gasteiger partial charge in [-0.25, -0.2) is 4.79 Å². The lowest BCUT2D eigenvalue weighted by molar-refractivity contribution is 0.169. The summed E-state index contributed by atoms with van der Waals surface area (Å²) < 4.78 is 10.5. The molecular formula is C14H13BrN2O3. The van der Waals surface area contributed by atoms with Crippen molar-refractivity contribution in [3.63, 3.8) is 0 Å². The molecule has 20 heavy (non-hydrogen) atoms. The van der Waals surface area contributed by atoms with Gasteiger partial charge in [0, 0.05) is 17.2 Å². The quantitative estimate of drug-likeness (QED) is 0.843. The van der Waals surface area contributed by atoms with Crippen molar-refractivity contribution in [2.75, 3.05) is 17.3 Å². The summed E-state index contributed by atoms with van der Waals surface area (Å²) in [6, 6.07) is 10.6. The number of hydrogen-bond acceptors (Lipinski definition) is 4. The van der Waals surface area contributed by atoms with Gasteiger partial charge in [0.05, 0.1) is 6.20 Å². The number of pyridine rings is 1. The van der Waals surface area contributed by atoms with Crippen LogP contribution in [0.3, 0.4) is 0 Å². The molecule has 0 radical (unpaired) electrons. The molecule has 0 aliphatic carbocycles. The Morgan fingerprint density at radius 3 is 2.65 bits per heavy atom. The van der Waals surface area contributed by atoms with Crippen LogP contribution in [0.15, 0.2) is 48.8 Å². The number of hydrogen-bond donors (Lipinski definition) is 1. The number of amides is 1. The van der Waals surface area contributed by atoms with Gasteiger partial charge in [-0.2, -0.15) is 0 Å². The van der Waals surface area contributed by atoms with E-state index >= 15 is 0 Å². The van der Waals surface area contributed by atoms with E-state index in [2.05, 4.69) is 26.2 Å². The molecule has 104 valence electrons. The predicted octanol–water partition coefficient (Wildman–Crippen LogP) is 3.82. The van der Waals surface area contributed by atoms with Crippen molar-refractivity contribution in [1.29, 1.82) is 0 Å². The van der Waals surface area contributed by atoms with E-state index in [1.54, 1.807) is 42.7 Å². The van der Waals surface area contributed by atoms with Crippen LogP contribution in [0.4, 0.5) is 10.5 Å². The van der Waals surface area contributed by atoms with Crippen molar-refractivity contribution in [2.45, 2.75) is 0 Å². The van der Waals surface area contributed by atoms with E-state index in [-0.39, 0.29) is 0 Å². The molecule has 0 bridgehead atoms. The normalized spacial score (nSPS) is 9.85. The van der Waals surface area contributed by atoms with Gasteiger partial charge in [-0.1, -0.05) is 15.9 Å². The minimum atomic E-state index is -0.481. The molecule has 1 heterocycles. The van der Waals surface area contributed by atoms with Gasteiger partial charge in [-0.05, 0) is 36.4 Å². The molecule has 0 fully saturated rings. The number of aromatic nitrogens is 1. The fourth-order valence-corrected chi connectivity index (χ4v) is 1.60. The predicted molar refractivity (Wildman–Crippen MR) is 79.5 cm³/mol. The number of nitrogens with one attached hydrogen (secondary N) is 1. The summed E-state index contributed by atoms with van der Waals surface area (Å²) in [7, 11) is 0. The van der Waals surface area contributed by atoms with E-state index < -0.39 is 6.09 Å². The van der Waals surface area contributed by atoms with Gasteiger partial charge >= 0.3 is 6.09 Å². The van der Waals surface area contributed by atoms with Crippen molar-refractivity contribution in [3.8, 4) is 11.5 Å². The molecule has 1 N–H and O–H groups in total. The minimum absolute atomic E-state index is 0.327. The van der Waals surface area contributed by atoms with Gasteiger partial charge in [-0.3, -0.25) is 10.3 Å². The largest absolute Gasteiger partial charge is 0.456 e. The van der Waals surface area contributed by atoms with Crippen LogP contribution in [0.2, 0.25) is 0 Å². The van der Waals surface area contributed by atoms with E-state index in [1.165, 1.54) is 0 Å². The lowest BCUT2D eigenvalue weighted by Gasteiger charge is -2.08. The Kier molecular flexibility index (Phi) is 5.37. The van der Waals surface area contributed by atoms with Crippen LogP contribution in [0.25, 0.3) is 0 Å². The summed E-state index contributed by atoms with van der Waals surface area (Å²) in [5.74, 6) is 1.32. The average Bonchev–Trinajstić information content (AvgIpc) is 2.48. The minimum Gasteiger partial charge on any atom is -0.456 e. The smallest absolute Gasteiger partial charge is 0.411 e. The van der Waals surface area contributed by atoms with Crippen molar-refractivity contribution >= 4 is 27.7 Å². The summed E-state index contributed by atoms with van der Waals surface area (Å²) in [4.78, 5) is 15.3. The number of carbonyl (C=O) groups excluding carboxylic acids is 1. The van der Waals surface area contributed by atoms with Crippen LogP contribution in [-0.2, 0) is 4.74 Å². The molecule has 0 saturated heterocycles. The lowest BCUT2D eigenvalue weighted by Crippen LogP contribution is -2.14. The van der Waals surface area contributed by atoms with Crippen LogP contribution in [0.1, 0.15) is 0 Å². The SMILES string of the molecule is O=C(Nc1ccc(Oc2cccnc2)cc1)OCCBr. The molecule has 1 amide bonds. The van der Waals surface area contributed by atoms with Crippen LogP contribution in [0.5, 0.6) is 11.5 Å². The maximum atomic E-state index is 11.4. The zero-order chi connectivity index (χ0) is 14.2. The highest BCUT2D eigenvalue weighted by Crippen LogP contribution is 2.22. The summed E-state index contributed by atoms with van der Waals surface area (Å²) in [6.07, 6.45) is 2.83. The van der Waals surface area contributed by atoms with Gasteiger partial charge in [0.15, 0.2) is 0 Å². The molecule has 0 spiro atoms. The molecular weight excluding hydrogens is 324 g/mol. The number of benzene rings is 1. The molecule has 5 nitrogen and oxygen atoms in total. The van der Waals surface area contributed by atoms with Crippen molar-refractivity contribution in [1.82, 2.24) is 4.98 Å². The molecule has 0 aliphatic heterocycles. The number of halogens is 1. The summed E-state index contributed by atoms with van der Waals surface area (Å²) in [5, 5.41) is 3.23. The van der Waals surface area contributed by atoms with Gasteiger partial charge in [0.1, 0.15) is 18.1 Å². The second-order valence-corrected chi connectivity index (χ2v) is 4.56. The Bertz CT molecular complexity index is 546. The molecule has 6 heteroatoms. The van der Waals surface area contributed by atoms with Crippen LogP contribution in [-0.4, -0.2) is 23.0 Å². The molecule has 2 rings (SSSR count). The Morgan fingerprint density at radius 1 is 1.20 bits per heavy atom. The lowest BCUT2D eigenvalue weighted by atomic mass is 10.3. The third-order valence-corrected chi connectivity index (χ3v) is 2.60. The number of alkyl halides is 1. The van der Waals surface area contributed by atoms with Crippen molar-refractivity contribution < 1.29 is 14.3 Å². The van der Waals surface area contributed by atoms with Crippen LogP contribution < -0.4 is 10.1 Å². The van der Waals surface area contributed by atoms with Gasteiger partial charge in [0.2, 0.25) is 0 Å². The van der Waals surface area contributed by atoms with E-state index in [9.17, 15) is 4.79 Å². The highest BCUT2D eigenvalue weighted by Gasteiger charge is 2.03. The monoisotopic (exact) mass is 336 g/mol. The standard InChI is InChI=1S/C14H13BrN2O3/c15-7-9-19-14(18)17-11-3-5-12(6-4-11)20-13-2-1-8-16-10-13/h1-6,8,10H,7,9H2,(H,17,18). The van der Waals surface area contributed by atoms with E-state index in [4.69, 9.17) is 9.47 Å². The topological polar surface area (TPSA) is 60.5 Å². The Balaban J connectivity index is 1.91. The zero-order valence-corrected chi connectivity index (χ0v) is 12.2. The first kappa shape index (κ1) is 14.3. The third kappa shape index (κ3) is 4.55. The molecule has 2 aromatic rings. The van der Waals surface area contributed by atoms with Crippen molar-refractivity contribution in [3.05, 3.63) is 48.8 Å². The van der Waals surface area contributed by atoms with E-state index in [0.29, 0.717) is 29.1 Å². The van der Waals surface area contributed by atoms with E-state index in [0.717, 1.165) is 0 Å². The van der Waals surface area contributed by atoms with E-state index in [1.807, 2.05) is 6.07 Å². The molecule has 0 aliphatic rings. The van der Waals surface area contributed by atoms with Gasteiger partial charge in [-0.15, -0.1) is 0 Å². The first-order valence-electron chi connectivity index (χ1n) is 5.95. The Morgan fingerprint density at radius 2 is 2.00 bits per heavy atom. The molecule has 1 aromatic heterocycles. The zero-order valence-electron chi connectivity index (χ0n) is 10.6. The van der Waals surface area contributed by atoms with Gasteiger partial charge < -0.3 is 9.47 Å². The number of rotatable bonds is 5. The fraction of sp³-hybridized carbons (Fsp3) is 0.143. The number of nitrogens with zero attached hydrogens (tertiary/aromatic N) is 1.